The molecular formula is C24H27NO4. The maximum Gasteiger partial charge on any atom is 0.246 e. The third-order valence-electron chi connectivity index (χ3n) is 5.33. The molecule has 152 valence electrons. The minimum absolute atomic E-state index is 0.0308. The number of hydrogen-bond donors (Lipinski definition) is 0. The van der Waals surface area contributed by atoms with Gasteiger partial charge in [0.2, 0.25) is 5.91 Å². The molecule has 5 nitrogen and oxygen atoms in total. The van der Waals surface area contributed by atoms with E-state index in [1.807, 2.05) is 65.6 Å². The standard InChI is InChI=1S/C24H27NO4/c26-23(25-13-5-9-21(17-25)24-27-14-15-28-24)12-11-19-8-4-10-22(16-19)29-18-20-6-2-1-3-7-20/h1-4,6-8,10-12,16,21,24H,5,9,13-15,17-18H2/b12-11+. The van der Waals surface area contributed by atoms with Gasteiger partial charge in [-0.2, -0.15) is 0 Å². The summed E-state index contributed by atoms with van der Waals surface area (Å²) >= 11 is 0. The molecular weight excluding hydrogens is 366 g/mol. The Morgan fingerprint density at radius 1 is 1.10 bits per heavy atom. The van der Waals surface area contributed by atoms with Gasteiger partial charge in [0.25, 0.3) is 0 Å². The van der Waals surface area contributed by atoms with Crippen molar-refractivity contribution in [1.29, 1.82) is 0 Å². The van der Waals surface area contributed by atoms with Crippen molar-refractivity contribution in [2.75, 3.05) is 26.3 Å². The van der Waals surface area contributed by atoms with E-state index in [-0.39, 0.29) is 18.1 Å². The average Bonchev–Trinajstić information content (AvgIpc) is 3.32. The quantitative estimate of drug-likeness (QED) is 0.699. The Kier molecular flexibility index (Phi) is 6.60. The van der Waals surface area contributed by atoms with Crippen molar-refractivity contribution in [3.05, 3.63) is 71.8 Å². The third-order valence-corrected chi connectivity index (χ3v) is 5.33. The fourth-order valence-electron chi connectivity index (χ4n) is 3.80. The molecule has 2 aromatic rings. The Hall–Kier alpha value is -2.63. The first-order chi connectivity index (χ1) is 14.3. The first-order valence-corrected chi connectivity index (χ1v) is 10.2. The van der Waals surface area contributed by atoms with E-state index in [0.717, 1.165) is 36.3 Å². The Morgan fingerprint density at radius 3 is 2.76 bits per heavy atom. The molecule has 0 spiro atoms. The molecule has 2 aliphatic heterocycles. The van der Waals surface area contributed by atoms with Gasteiger partial charge in [0.05, 0.1) is 13.2 Å². The highest BCUT2D eigenvalue weighted by molar-refractivity contribution is 5.91. The lowest BCUT2D eigenvalue weighted by molar-refractivity contribution is -0.134. The van der Waals surface area contributed by atoms with Crippen LogP contribution in [-0.4, -0.2) is 43.4 Å². The fraction of sp³-hybridized carbons (Fsp3) is 0.375. The van der Waals surface area contributed by atoms with Crippen LogP contribution < -0.4 is 4.74 Å². The highest BCUT2D eigenvalue weighted by Crippen LogP contribution is 2.25. The van der Waals surface area contributed by atoms with Gasteiger partial charge in [-0.25, -0.2) is 0 Å². The highest BCUT2D eigenvalue weighted by Gasteiger charge is 2.32. The topological polar surface area (TPSA) is 48.0 Å². The van der Waals surface area contributed by atoms with Gasteiger partial charge in [0.15, 0.2) is 6.29 Å². The number of benzene rings is 2. The number of hydrogen-bond acceptors (Lipinski definition) is 4. The maximum absolute atomic E-state index is 12.7. The van der Waals surface area contributed by atoms with Gasteiger partial charge in [-0.15, -0.1) is 0 Å². The lowest BCUT2D eigenvalue weighted by atomic mass is 9.97. The fourth-order valence-corrected chi connectivity index (χ4v) is 3.80. The van der Waals surface area contributed by atoms with Crippen LogP contribution in [0.4, 0.5) is 0 Å². The predicted molar refractivity (Wildman–Crippen MR) is 111 cm³/mol. The normalized spacial score (nSPS) is 20.3. The zero-order chi connectivity index (χ0) is 19.9. The van der Waals surface area contributed by atoms with E-state index in [9.17, 15) is 4.79 Å². The van der Waals surface area contributed by atoms with E-state index in [4.69, 9.17) is 14.2 Å². The number of likely N-dealkylation sites (tertiary alicyclic amines) is 1. The molecule has 0 aromatic heterocycles. The molecule has 1 unspecified atom stereocenters. The molecule has 0 saturated carbocycles. The van der Waals surface area contributed by atoms with Crippen molar-refractivity contribution >= 4 is 12.0 Å². The first-order valence-electron chi connectivity index (χ1n) is 10.2. The molecule has 0 bridgehead atoms. The number of nitrogens with zero attached hydrogens (tertiary/aromatic N) is 1. The molecule has 29 heavy (non-hydrogen) atoms. The number of carbonyl (C=O) groups excluding carboxylic acids is 1. The second-order valence-electron chi connectivity index (χ2n) is 7.48. The van der Waals surface area contributed by atoms with Crippen molar-refractivity contribution in [1.82, 2.24) is 4.90 Å². The zero-order valence-electron chi connectivity index (χ0n) is 16.5. The molecule has 2 heterocycles. The zero-order valence-corrected chi connectivity index (χ0v) is 16.5. The van der Waals surface area contributed by atoms with Crippen molar-refractivity contribution in [3.63, 3.8) is 0 Å². The van der Waals surface area contributed by atoms with Gasteiger partial charge < -0.3 is 19.1 Å². The van der Waals surface area contributed by atoms with Crippen molar-refractivity contribution in [2.45, 2.75) is 25.7 Å². The summed E-state index contributed by atoms with van der Waals surface area (Å²) in [5.41, 5.74) is 2.07. The summed E-state index contributed by atoms with van der Waals surface area (Å²) in [5, 5.41) is 0. The molecule has 0 radical (unpaired) electrons. The average molecular weight is 393 g/mol. The molecule has 0 aliphatic carbocycles. The van der Waals surface area contributed by atoms with Crippen LogP contribution in [0, 0.1) is 5.92 Å². The largest absolute Gasteiger partial charge is 0.489 e. The number of ether oxygens (including phenoxy) is 3. The number of carbonyl (C=O) groups is 1. The summed E-state index contributed by atoms with van der Waals surface area (Å²) in [5.74, 6) is 1.08. The lowest BCUT2D eigenvalue weighted by Crippen LogP contribution is -2.43. The van der Waals surface area contributed by atoms with E-state index in [0.29, 0.717) is 26.4 Å². The van der Waals surface area contributed by atoms with Crippen LogP contribution in [0.3, 0.4) is 0 Å². The molecule has 2 saturated heterocycles. The van der Waals surface area contributed by atoms with Gasteiger partial charge in [-0.3, -0.25) is 4.79 Å². The second-order valence-corrected chi connectivity index (χ2v) is 7.48. The van der Waals surface area contributed by atoms with E-state index >= 15 is 0 Å². The van der Waals surface area contributed by atoms with Gasteiger partial charge in [-0.1, -0.05) is 42.5 Å². The first kappa shape index (κ1) is 19.7. The molecule has 2 fully saturated rings. The van der Waals surface area contributed by atoms with Gasteiger partial charge >= 0.3 is 0 Å². The van der Waals surface area contributed by atoms with Crippen molar-refractivity contribution < 1.29 is 19.0 Å². The lowest BCUT2D eigenvalue weighted by Gasteiger charge is -2.34. The molecule has 2 aliphatic rings. The monoisotopic (exact) mass is 393 g/mol. The molecule has 4 rings (SSSR count). The summed E-state index contributed by atoms with van der Waals surface area (Å²) in [7, 11) is 0. The summed E-state index contributed by atoms with van der Waals surface area (Å²) in [6, 6.07) is 17.9. The summed E-state index contributed by atoms with van der Waals surface area (Å²) in [6.45, 7) is 3.30. The third kappa shape index (κ3) is 5.46. The van der Waals surface area contributed by atoms with Crippen LogP contribution in [0.2, 0.25) is 0 Å². The van der Waals surface area contributed by atoms with Crippen LogP contribution in [-0.2, 0) is 20.9 Å². The van der Waals surface area contributed by atoms with Gasteiger partial charge in [0.1, 0.15) is 12.4 Å². The molecule has 1 amide bonds. The van der Waals surface area contributed by atoms with Crippen LogP contribution in [0.15, 0.2) is 60.7 Å². The molecule has 2 aromatic carbocycles. The minimum Gasteiger partial charge on any atom is -0.489 e. The van der Waals surface area contributed by atoms with Crippen LogP contribution >= 0.6 is 0 Å². The minimum atomic E-state index is -0.159. The van der Waals surface area contributed by atoms with Crippen LogP contribution in [0.5, 0.6) is 5.75 Å². The van der Waals surface area contributed by atoms with Gasteiger partial charge in [0, 0.05) is 25.1 Å². The Morgan fingerprint density at radius 2 is 1.93 bits per heavy atom. The Bertz CT molecular complexity index is 830. The number of amides is 1. The molecule has 0 N–H and O–H groups in total. The van der Waals surface area contributed by atoms with Crippen molar-refractivity contribution in [2.24, 2.45) is 5.92 Å². The summed E-state index contributed by atoms with van der Waals surface area (Å²) < 4.78 is 17.1. The van der Waals surface area contributed by atoms with Crippen molar-refractivity contribution in [3.8, 4) is 5.75 Å². The molecule has 5 heteroatoms. The summed E-state index contributed by atoms with van der Waals surface area (Å²) in [4.78, 5) is 14.5. The Balaban J connectivity index is 1.32. The van der Waals surface area contributed by atoms with E-state index in [1.165, 1.54) is 0 Å². The number of piperidine rings is 1. The van der Waals surface area contributed by atoms with Crippen LogP contribution in [0.25, 0.3) is 6.08 Å². The summed E-state index contributed by atoms with van der Waals surface area (Å²) in [6.07, 6.45) is 5.36. The second kappa shape index (κ2) is 9.72. The predicted octanol–water partition coefficient (Wildman–Crippen LogP) is 3.89. The Labute approximate surface area is 171 Å². The van der Waals surface area contributed by atoms with Gasteiger partial charge in [-0.05, 0) is 42.2 Å². The highest BCUT2D eigenvalue weighted by atomic mass is 16.7. The van der Waals surface area contributed by atoms with E-state index in [2.05, 4.69) is 0 Å². The van der Waals surface area contributed by atoms with E-state index in [1.54, 1.807) is 6.08 Å². The maximum atomic E-state index is 12.7. The van der Waals surface area contributed by atoms with Crippen LogP contribution in [0.1, 0.15) is 24.0 Å². The van der Waals surface area contributed by atoms with E-state index < -0.39 is 0 Å². The smallest absolute Gasteiger partial charge is 0.246 e. The number of rotatable bonds is 6. The molecule has 1 atom stereocenters. The SMILES string of the molecule is O=C(/C=C/c1cccc(OCc2ccccc2)c1)N1CCCC(C2OCCO2)C1.